The number of sulfonamides is 1. The summed E-state index contributed by atoms with van der Waals surface area (Å²) in [5, 5.41) is 10.7. The Morgan fingerprint density at radius 2 is 1.86 bits per heavy atom. The highest BCUT2D eigenvalue weighted by Gasteiger charge is 2.22. The summed E-state index contributed by atoms with van der Waals surface area (Å²) in [7, 11) is -4.01. The number of nitro benzene ring substituents is 1. The SMILES string of the molecule is O=[N+]([O-])c1ccc(Cl)c(S(=O)(=O)Nc2ccccc2I)c1. The van der Waals surface area contributed by atoms with Crippen LogP contribution in [0.25, 0.3) is 0 Å². The van der Waals surface area contributed by atoms with Gasteiger partial charge in [-0.25, -0.2) is 8.42 Å². The molecule has 0 atom stereocenters. The van der Waals surface area contributed by atoms with Crippen molar-refractivity contribution in [1.82, 2.24) is 0 Å². The van der Waals surface area contributed by atoms with Gasteiger partial charge >= 0.3 is 0 Å². The van der Waals surface area contributed by atoms with Gasteiger partial charge in [-0.2, -0.15) is 0 Å². The van der Waals surface area contributed by atoms with Crippen molar-refractivity contribution in [2.45, 2.75) is 4.90 Å². The van der Waals surface area contributed by atoms with Gasteiger partial charge in [-0.15, -0.1) is 0 Å². The number of hydrogen-bond donors (Lipinski definition) is 1. The van der Waals surface area contributed by atoms with Gasteiger partial charge in [0.05, 0.1) is 15.6 Å². The van der Waals surface area contributed by atoms with E-state index in [1.54, 1.807) is 24.3 Å². The fraction of sp³-hybridized carbons (Fsp3) is 0. The quantitative estimate of drug-likeness (QED) is 0.448. The second-order valence-corrected chi connectivity index (χ2v) is 7.18. The van der Waals surface area contributed by atoms with Crippen LogP contribution in [0, 0.1) is 13.7 Å². The van der Waals surface area contributed by atoms with E-state index in [0.29, 0.717) is 9.26 Å². The minimum absolute atomic E-state index is 0.0842. The van der Waals surface area contributed by atoms with Crippen LogP contribution in [0.3, 0.4) is 0 Å². The maximum atomic E-state index is 12.3. The summed E-state index contributed by atoms with van der Waals surface area (Å²) in [5.74, 6) is 0. The fourth-order valence-electron chi connectivity index (χ4n) is 1.56. The van der Waals surface area contributed by atoms with E-state index in [9.17, 15) is 18.5 Å². The van der Waals surface area contributed by atoms with Gasteiger partial charge < -0.3 is 0 Å². The number of benzene rings is 2. The van der Waals surface area contributed by atoms with Gasteiger partial charge in [-0.1, -0.05) is 23.7 Å². The summed E-state index contributed by atoms with van der Waals surface area (Å²) in [5.41, 5.74) is 0.0307. The third-order valence-electron chi connectivity index (χ3n) is 2.53. The molecule has 2 aromatic rings. The van der Waals surface area contributed by atoms with E-state index in [1.807, 2.05) is 22.6 Å². The van der Waals surface area contributed by atoms with Gasteiger partial charge in [-0.3, -0.25) is 14.8 Å². The molecule has 0 aliphatic rings. The third kappa shape index (κ3) is 3.63. The van der Waals surface area contributed by atoms with Crippen molar-refractivity contribution in [3.8, 4) is 0 Å². The lowest BCUT2D eigenvalue weighted by Gasteiger charge is -2.10. The maximum absolute atomic E-state index is 12.3. The number of para-hydroxylation sites is 1. The minimum atomic E-state index is -4.01. The number of rotatable bonds is 4. The first-order valence-corrected chi connectivity index (χ1v) is 8.46. The second-order valence-electron chi connectivity index (χ2n) is 3.96. The molecule has 6 nitrogen and oxygen atoms in total. The molecule has 21 heavy (non-hydrogen) atoms. The number of nitro groups is 1. The average molecular weight is 439 g/mol. The van der Waals surface area contributed by atoms with Crippen molar-refractivity contribution < 1.29 is 13.3 Å². The van der Waals surface area contributed by atoms with E-state index in [4.69, 9.17) is 11.6 Å². The summed E-state index contributed by atoms with van der Waals surface area (Å²) in [4.78, 5) is 9.74. The third-order valence-corrected chi connectivity index (χ3v) is 5.32. The normalized spacial score (nSPS) is 11.1. The van der Waals surface area contributed by atoms with Crippen LogP contribution in [-0.2, 0) is 10.0 Å². The highest BCUT2D eigenvalue weighted by atomic mass is 127. The van der Waals surface area contributed by atoms with Crippen LogP contribution in [0.1, 0.15) is 0 Å². The molecule has 1 N–H and O–H groups in total. The number of nitrogens with one attached hydrogen (secondary N) is 1. The monoisotopic (exact) mass is 438 g/mol. The second kappa shape index (κ2) is 6.16. The molecule has 0 spiro atoms. The Bertz CT molecular complexity index is 811. The lowest BCUT2D eigenvalue weighted by molar-refractivity contribution is -0.385. The van der Waals surface area contributed by atoms with Crippen LogP contribution in [0.2, 0.25) is 5.02 Å². The highest BCUT2D eigenvalue weighted by molar-refractivity contribution is 14.1. The molecule has 2 aromatic carbocycles. The van der Waals surface area contributed by atoms with Gasteiger partial charge in [0, 0.05) is 15.7 Å². The number of anilines is 1. The molecule has 110 valence electrons. The molecular weight excluding hydrogens is 431 g/mol. The lowest BCUT2D eigenvalue weighted by Crippen LogP contribution is -2.14. The zero-order valence-electron chi connectivity index (χ0n) is 10.3. The van der Waals surface area contributed by atoms with Crippen LogP contribution in [0.5, 0.6) is 0 Å². The number of halogens is 2. The smallest absolute Gasteiger partial charge is 0.270 e. The summed E-state index contributed by atoms with van der Waals surface area (Å²) >= 11 is 7.83. The van der Waals surface area contributed by atoms with Gasteiger partial charge in [0.2, 0.25) is 0 Å². The van der Waals surface area contributed by atoms with E-state index >= 15 is 0 Å². The lowest BCUT2D eigenvalue weighted by atomic mass is 10.3. The first-order chi connectivity index (χ1) is 9.81. The predicted octanol–water partition coefficient (Wildman–Crippen LogP) is 3.65. The predicted molar refractivity (Wildman–Crippen MR) is 88.1 cm³/mol. The Morgan fingerprint density at radius 1 is 1.19 bits per heavy atom. The molecule has 0 amide bonds. The topological polar surface area (TPSA) is 89.3 Å². The highest BCUT2D eigenvalue weighted by Crippen LogP contribution is 2.28. The molecule has 0 aromatic heterocycles. The Morgan fingerprint density at radius 3 is 2.48 bits per heavy atom. The first-order valence-electron chi connectivity index (χ1n) is 5.52. The van der Waals surface area contributed by atoms with E-state index in [0.717, 1.165) is 12.1 Å². The summed E-state index contributed by atoms with van der Waals surface area (Å²) in [6.45, 7) is 0. The van der Waals surface area contributed by atoms with Gasteiger partial charge in [-0.05, 0) is 40.8 Å². The Kier molecular flexibility index (Phi) is 4.69. The summed E-state index contributed by atoms with van der Waals surface area (Å²) in [6.07, 6.45) is 0. The Hall–Kier alpha value is -1.39. The Labute approximate surface area is 139 Å². The average Bonchev–Trinajstić information content (AvgIpc) is 2.41. The van der Waals surface area contributed by atoms with Crippen LogP contribution in [-0.4, -0.2) is 13.3 Å². The van der Waals surface area contributed by atoms with Crippen LogP contribution >= 0.6 is 34.2 Å². The van der Waals surface area contributed by atoms with Crippen molar-refractivity contribution in [2.75, 3.05) is 4.72 Å². The van der Waals surface area contributed by atoms with E-state index in [-0.39, 0.29) is 15.6 Å². The standard InChI is InChI=1S/C12H8ClIN2O4S/c13-9-6-5-8(16(17)18)7-12(9)21(19,20)15-11-4-2-1-3-10(11)14/h1-7,15H. The van der Waals surface area contributed by atoms with Crippen molar-refractivity contribution in [3.05, 3.63) is 61.2 Å². The van der Waals surface area contributed by atoms with Crippen molar-refractivity contribution in [3.63, 3.8) is 0 Å². The zero-order chi connectivity index (χ0) is 15.6. The van der Waals surface area contributed by atoms with Crippen LogP contribution in [0.4, 0.5) is 11.4 Å². The molecule has 0 saturated heterocycles. The zero-order valence-corrected chi connectivity index (χ0v) is 14.0. The van der Waals surface area contributed by atoms with Gasteiger partial charge in [0.1, 0.15) is 4.90 Å². The summed E-state index contributed by atoms with van der Waals surface area (Å²) in [6, 6.07) is 10.0. The minimum Gasteiger partial charge on any atom is -0.279 e. The van der Waals surface area contributed by atoms with E-state index in [1.165, 1.54) is 6.07 Å². The Balaban J connectivity index is 2.47. The van der Waals surface area contributed by atoms with Gasteiger partial charge in [0.25, 0.3) is 15.7 Å². The molecule has 0 radical (unpaired) electrons. The molecular formula is C12H8ClIN2O4S. The molecule has 0 heterocycles. The molecule has 0 fully saturated rings. The van der Waals surface area contributed by atoms with Crippen molar-refractivity contribution in [2.24, 2.45) is 0 Å². The number of non-ortho nitro benzene ring substituents is 1. The molecule has 0 saturated carbocycles. The molecule has 0 aliphatic carbocycles. The van der Waals surface area contributed by atoms with Gasteiger partial charge in [0.15, 0.2) is 0 Å². The number of nitrogens with zero attached hydrogens (tertiary/aromatic N) is 1. The number of hydrogen-bond acceptors (Lipinski definition) is 4. The van der Waals surface area contributed by atoms with Crippen molar-refractivity contribution >= 4 is 55.6 Å². The van der Waals surface area contributed by atoms with Crippen LogP contribution in [0.15, 0.2) is 47.4 Å². The maximum Gasteiger partial charge on any atom is 0.270 e. The van der Waals surface area contributed by atoms with Crippen molar-refractivity contribution in [1.29, 1.82) is 0 Å². The van der Waals surface area contributed by atoms with E-state index < -0.39 is 14.9 Å². The fourth-order valence-corrected chi connectivity index (χ4v) is 3.86. The molecule has 0 bridgehead atoms. The molecule has 0 unspecified atom stereocenters. The molecule has 0 aliphatic heterocycles. The molecule has 9 heteroatoms. The summed E-state index contributed by atoms with van der Waals surface area (Å²) < 4.78 is 27.7. The first kappa shape index (κ1) is 16.0. The molecule has 2 rings (SSSR count). The largest absolute Gasteiger partial charge is 0.279 e. The van der Waals surface area contributed by atoms with Crippen LogP contribution < -0.4 is 4.72 Å². The van der Waals surface area contributed by atoms with E-state index in [2.05, 4.69) is 4.72 Å².